The molecule has 0 fully saturated rings. The lowest BCUT2D eigenvalue weighted by Crippen LogP contribution is -2.04. The SMILES string of the molecule is COC1=CCCC(c2nc(Cl)nc(Cl)n2)=C1F. The van der Waals surface area contributed by atoms with Crippen LogP contribution >= 0.6 is 23.2 Å². The summed E-state index contributed by atoms with van der Waals surface area (Å²) >= 11 is 11.3. The van der Waals surface area contributed by atoms with Crippen LogP contribution in [0.2, 0.25) is 10.6 Å². The number of allylic oxidation sites excluding steroid dienone is 3. The summed E-state index contributed by atoms with van der Waals surface area (Å²) in [5.74, 6) is -0.161. The average Bonchev–Trinajstić information content (AvgIpc) is 2.28. The smallest absolute Gasteiger partial charge is 0.227 e. The van der Waals surface area contributed by atoms with E-state index in [0.717, 1.165) is 0 Å². The van der Waals surface area contributed by atoms with E-state index in [1.54, 1.807) is 6.08 Å². The summed E-state index contributed by atoms with van der Waals surface area (Å²) in [6.45, 7) is 0. The van der Waals surface area contributed by atoms with Gasteiger partial charge < -0.3 is 4.74 Å². The number of rotatable bonds is 2. The number of halogens is 3. The third-order valence-electron chi connectivity index (χ3n) is 2.28. The third-order valence-corrected chi connectivity index (χ3v) is 2.61. The molecule has 17 heavy (non-hydrogen) atoms. The molecule has 0 unspecified atom stereocenters. The van der Waals surface area contributed by atoms with Crippen molar-refractivity contribution in [3.8, 4) is 0 Å². The van der Waals surface area contributed by atoms with Gasteiger partial charge in [0.15, 0.2) is 17.4 Å². The molecule has 1 aromatic heterocycles. The van der Waals surface area contributed by atoms with Gasteiger partial charge in [0.2, 0.25) is 10.6 Å². The summed E-state index contributed by atoms with van der Waals surface area (Å²) in [6, 6.07) is 0. The van der Waals surface area contributed by atoms with Crippen LogP contribution in [0.1, 0.15) is 18.7 Å². The van der Waals surface area contributed by atoms with Gasteiger partial charge >= 0.3 is 0 Å². The van der Waals surface area contributed by atoms with E-state index in [-0.39, 0.29) is 22.2 Å². The number of hydrogen-bond acceptors (Lipinski definition) is 4. The van der Waals surface area contributed by atoms with Crippen LogP contribution in [0.15, 0.2) is 17.7 Å². The molecule has 1 heterocycles. The van der Waals surface area contributed by atoms with Crippen molar-refractivity contribution in [3.63, 3.8) is 0 Å². The van der Waals surface area contributed by atoms with E-state index in [1.807, 2.05) is 0 Å². The van der Waals surface area contributed by atoms with Gasteiger partial charge in [0.05, 0.1) is 7.11 Å². The van der Waals surface area contributed by atoms with Crippen molar-refractivity contribution in [1.82, 2.24) is 15.0 Å². The normalized spacial score (nSPS) is 15.9. The first-order chi connectivity index (χ1) is 8.11. The van der Waals surface area contributed by atoms with E-state index < -0.39 is 5.83 Å². The van der Waals surface area contributed by atoms with E-state index in [0.29, 0.717) is 18.4 Å². The highest BCUT2D eigenvalue weighted by Gasteiger charge is 2.21. The van der Waals surface area contributed by atoms with Crippen molar-refractivity contribution in [1.29, 1.82) is 0 Å². The Kier molecular flexibility index (Phi) is 3.59. The first-order valence-electron chi connectivity index (χ1n) is 4.82. The number of ether oxygens (including phenoxy) is 1. The highest BCUT2D eigenvalue weighted by Crippen LogP contribution is 2.32. The molecule has 0 N–H and O–H groups in total. The fraction of sp³-hybridized carbons (Fsp3) is 0.300. The second kappa shape index (κ2) is 4.98. The molecule has 0 saturated heterocycles. The Balaban J connectivity index is 2.49. The molecular weight excluding hydrogens is 268 g/mol. The Hall–Kier alpha value is -1.20. The predicted octanol–water partition coefficient (Wildman–Crippen LogP) is 3.18. The van der Waals surface area contributed by atoms with Crippen LogP contribution in [0.3, 0.4) is 0 Å². The molecule has 0 spiro atoms. The van der Waals surface area contributed by atoms with E-state index in [1.165, 1.54) is 7.11 Å². The van der Waals surface area contributed by atoms with Crippen LogP contribution in [0.25, 0.3) is 5.57 Å². The number of aromatic nitrogens is 3. The largest absolute Gasteiger partial charge is 0.494 e. The fourth-order valence-corrected chi connectivity index (χ4v) is 1.90. The first kappa shape index (κ1) is 12.3. The van der Waals surface area contributed by atoms with Crippen molar-refractivity contribution >= 4 is 28.8 Å². The molecule has 90 valence electrons. The highest BCUT2D eigenvalue weighted by molar-refractivity contribution is 6.31. The maximum absolute atomic E-state index is 14.0. The Morgan fingerprint density at radius 3 is 2.47 bits per heavy atom. The molecule has 1 aliphatic rings. The van der Waals surface area contributed by atoms with Crippen LogP contribution in [0.4, 0.5) is 4.39 Å². The topological polar surface area (TPSA) is 47.9 Å². The quantitative estimate of drug-likeness (QED) is 0.832. The zero-order valence-electron chi connectivity index (χ0n) is 8.88. The minimum Gasteiger partial charge on any atom is -0.494 e. The van der Waals surface area contributed by atoms with Gasteiger partial charge in [0.25, 0.3) is 0 Å². The van der Waals surface area contributed by atoms with E-state index in [2.05, 4.69) is 15.0 Å². The monoisotopic (exact) mass is 275 g/mol. The van der Waals surface area contributed by atoms with Crippen molar-refractivity contribution in [3.05, 3.63) is 34.1 Å². The van der Waals surface area contributed by atoms with Crippen LogP contribution in [-0.2, 0) is 4.74 Å². The Morgan fingerprint density at radius 1 is 1.24 bits per heavy atom. The van der Waals surface area contributed by atoms with Crippen LogP contribution in [0.5, 0.6) is 0 Å². The standard InChI is InChI=1S/C10H8Cl2FN3O/c1-17-6-4-2-3-5(7(6)13)8-14-9(11)16-10(12)15-8/h4H,2-3H2,1H3. The molecule has 4 nitrogen and oxygen atoms in total. The second-order valence-electron chi connectivity index (χ2n) is 3.30. The zero-order valence-corrected chi connectivity index (χ0v) is 10.4. The molecule has 0 aliphatic heterocycles. The second-order valence-corrected chi connectivity index (χ2v) is 3.98. The molecule has 0 aromatic carbocycles. The summed E-state index contributed by atoms with van der Waals surface area (Å²) in [4.78, 5) is 11.3. The maximum atomic E-state index is 14.0. The predicted molar refractivity (Wildman–Crippen MR) is 62.2 cm³/mol. The van der Waals surface area contributed by atoms with Crippen LogP contribution in [0, 0.1) is 0 Å². The number of nitrogens with zero attached hydrogens (tertiary/aromatic N) is 3. The molecule has 7 heteroatoms. The minimum absolute atomic E-state index is 0.0613. The van der Waals surface area contributed by atoms with Gasteiger partial charge in [-0.1, -0.05) is 0 Å². The Bertz CT molecular complexity index is 496. The third kappa shape index (κ3) is 2.56. The fourth-order valence-electron chi connectivity index (χ4n) is 1.54. The van der Waals surface area contributed by atoms with Gasteiger partial charge in [0.1, 0.15) is 0 Å². The van der Waals surface area contributed by atoms with Crippen molar-refractivity contribution < 1.29 is 9.13 Å². The molecular formula is C10H8Cl2FN3O. The molecule has 0 amide bonds. The zero-order chi connectivity index (χ0) is 12.4. The highest BCUT2D eigenvalue weighted by atomic mass is 35.5. The molecule has 0 saturated carbocycles. The average molecular weight is 276 g/mol. The Labute approximate surface area is 107 Å². The lowest BCUT2D eigenvalue weighted by Gasteiger charge is -2.14. The first-order valence-corrected chi connectivity index (χ1v) is 5.58. The van der Waals surface area contributed by atoms with Crippen LogP contribution < -0.4 is 0 Å². The molecule has 0 bridgehead atoms. The van der Waals surface area contributed by atoms with Crippen molar-refractivity contribution in [2.45, 2.75) is 12.8 Å². The van der Waals surface area contributed by atoms with Crippen molar-refractivity contribution in [2.24, 2.45) is 0 Å². The lowest BCUT2D eigenvalue weighted by molar-refractivity contribution is 0.280. The van der Waals surface area contributed by atoms with Gasteiger partial charge in [-0.15, -0.1) is 0 Å². The van der Waals surface area contributed by atoms with Gasteiger partial charge in [-0.25, -0.2) is 4.39 Å². The van der Waals surface area contributed by atoms with E-state index in [9.17, 15) is 4.39 Å². The van der Waals surface area contributed by atoms with Gasteiger partial charge in [-0.2, -0.15) is 15.0 Å². The maximum Gasteiger partial charge on any atom is 0.227 e. The molecule has 1 aromatic rings. The van der Waals surface area contributed by atoms with Gasteiger partial charge in [0, 0.05) is 5.57 Å². The molecule has 1 aliphatic carbocycles. The molecule has 0 atom stereocenters. The molecule has 0 radical (unpaired) electrons. The van der Waals surface area contributed by atoms with E-state index in [4.69, 9.17) is 27.9 Å². The summed E-state index contributed by atoms with van der Waals surface area (Å²) in [5.41, 5.74) is 0.329. The van der Waals surface area contributed by atoms with Crippen LogP contribution in [-0.4, -0.2) is 22.1 Å². The lowest BCUT2D eigenvalue weighted by atomic mass is 10.0. The Morgan fingerprint density at radius 2 is 1.88 bits per heavy atom. The van der Waals surface area contributed by atoms with Crippen molar-refractivity contribution in [2.75, 3.05) is 7.11 Å². The summed E-state index contributed by atoms with van der Waals surface area (Å²) < 4.78 is 18.9. The summed E-state index contributed by atoms with van der Waals surface area (Å²) in [5, 5.41) is -0.123. The van der Waals surface area contributed by atoms with E-state index >= 15 is 0 Å². The number of methoxy groups -OCH3 is 1. The summed E-state index contributed by atoms with van der Waals surface area (Å²) in [6.07, 6.45) is 2.78. The molecule has 2 rings (SSSR count). The summed E-state index contributed by atoms with van der Waals surface area (Å²) in [7, 11) is 1.40. The van der Waals surface area contributed by atoms with Gasteiger partial charge in [-0.3, -0.25) is 0 Å². The van der Waals surface area contributed by atoms with Gasteiger partial charge in [-0.05, 0) is 42.1 Å². The minimum atomic E-state index is -0.489. The number of hydrogen-bond donors (Lipinski definition) is 0.